The molecular formula is C12H12N4S2. The zero-order valence-electron chi connectivity index (χ0n) is 9.59. The van der Waals surface area contributed by atoms with Gasteiger partial charge in [0.15, 0.2) is 10.2 Å². The topological polar surface area (TPSA) is 49.8 Å². The second-order valence-corrected chi connectivity index (χ2v) is 4.64. The van der Waals surface area contributed by atoms with Crippen LogP contribution in [0.1, 0.15) is 0 Å². The van der Waals surface area contributed by atoms with Crippen molar-refractivity contribution in [3.63, 3.8) is 0 Å². The molecule has 0 aliphatic rings. The maximum Gasteiger partial charge on any atom is 0.189 e. The van der Waals surface area contributed by atoms with Crippen molar-refractivity contribution in [1.82, 2.24) is 15.3 Å². The third-order valence-corrected chi connectivity index (χ3v) is 3.06. The molecule has 0 radical (unpaired) electrons. The number of nitrogens with one attached hydrogen (secondary N) is 2. The zero-order valence-corrected chi connectivity index (χ0v) is 11.2. The van der Waals surface area contributed by atoms with E-state index >= 15 is 0 Å². The van der Waals surface area contributed by atoms with E-state index in [4.69, 9.17) is 12.2 Å². The average molecular weight is 276 g/mol. The second kappa shape index (κ2) is 6.23. The smallest absolute Gasteiger partial charge is 0.189 e. The fraction of sp³-hybridized carbons (Fsp3) is 0.0833. The molecule has 0 atom stereocenters. The Labute approximate surface area is 115 Å². The molecule has 2 aromatic heterocycles. The van der Waals surface area contributed by atoms with E-state index in [0.717, 1.165) is 16.5 Å². The van der Waals surface area contributed by atoms with Crippen molar-refractivity contribution in [3.8, 4) is 11.4 Å². The van der Waals surface area contributed by atoms with Crippen LogP contribution < -0.4 is 10.6 Å². The van der Waals surface area contributed by atoms with Gasteiger partial charge in [0.25, 0.3) is 0 Å². The summed E-state index contributed by atoms with van der Waals surface area (Å²) >= 11 is 6.60. The van der Waals surface area contributed by atoms with Crippen molar-refractivity contribution >= 4 is 33.8 Å². The fourth-order valence-corrected chi connectivity index (χ4v) is 2.22. The van der Waals surface area contributed by atoms with Gasteiger partial charge in [-0.2, -0.15) is 0 Å². The van der Waals surface area contributed by atoms with Gasteiger partial charge in [0.2, 0.25) is 0 Å². The Morgan fingerprint density at radius 3 is 3.06 bits per heavy atom. The molecule has 0 spiro atoms. The van der Waals surface area contributed by atoms with E-state index in [1.165, 1.54) is 11.3 Å². The van der Waals surface area contributed by atoms with Gasteiger partial charge in [0, 0.05) is 18.1 Å². The molecule has 0 aromatic carbocycles. The number of thiazole rings is 1. The van der Waals surface area contributed by atoms with Gasteiger partial charge in [-0.1, -0.05) is 12.1 Å². The molecule has 0 saturated carbocycles. The monoisotopic (exact) mass is 276 g/mol. The van der Waals surface area contributed by atoms with Gasteiger partial charge in [-0.15, -0.1) is 17.9 Å². The first-order valence-electron chi connectivity index (χ1n) is 5.32. The Morgan fingerprint density at radius 2 is 2.33 bits per heavy atom. The largest absolute Gasteiger partial charge is 0.359 e. The highest BCUT2D eigenvalue weighted by Crippen LogP contribution is 2.22. The van der Waals surface area contributed by atoms with Gasteiger partial charge in [-0.25, -0.2) is 4.98 Å². The molecule has 92 valence electrons. The van der Waals surface area contributed by atoms with Crippen molar-refractivity contribution in [1.29, 1.82) is 0 Å². The van der Waals surface area contributed by atoms with Gasteiger partial charge in [-0.05, 0) is 24.4 Å². The molecule has 0 aliphatic heterocycles. The van der Waals surface area contributed by atoms with Gasteiger partial charge in [-0.3, -0.25) is 4.98 Å². The summed E-state index contributed by atoms with van der Waals surface area (Å²) in [5.41, 5.74) is 1.70. The summed E-state index contributed by atoms with van der Waals surface area (Å²) in [5.74, 6) is 0. The van der Waals surface area contributed by atoms with Crippen molar-refractivity contribution in [3.05, 3.63) is 42.4 Å². The first-order valence-corrected chi connectivity index (χ1v) is 6.61. The Bertz CT molecular complexity index is 536. The molecule has 0 unspecified atom stereocenters. The predicted octanol–water partition coefficient (Wildman–Crippen LogP) is 2.68. The highest BCUT2D eigenvalue weighted by Gasteiger charge is 2.05. The molecule has 0 saturated heterocycles. The van der Waals surface area contributed by atoms with Gasteiger partial charge in [0.05, 0.1) is 5.69 Å². The van der Waals surface area contributed by atoms with Crippen LogP contribution >= 0.6 is 23.6 Å². The lowest BCUT2D eigenvalue weighted by Crippen LogP contribution is -2.28. The fourth-order valence-electron chi connectivity index (χ4n) is 1.27. The van der Waals surface area contributed by atoms with E-state index in [9.17, 15) is 0 Å². The van der Waals surface area contributed by atoms with Crippen LogP contribution in [0.4, 0.5) is 5.13 Å². The summed E-state index contributed by atoms with van der Waals surface area (Å²) < 4.78 is 0. The Kier molecular flexibility index (Phi) is 4.38. The first-order chi connectivity index (χ1) is 8.79. The van der Waals surface area contributed by atoms with Crippen LogP contribution in [0.5, 0.6) is 0 Å². The number of pyridine rings is 1. The van der Waals surface area contributed by atoms with Gasteiger partial charge < -0.3 is 10.6 Å². The summed E-state index contributed by atoms with van der Waals surface area (Å²) in [6, 6.07) is 5.74. The van der Waals surface area contributed by atoms with Crippen LogP contribution in [0.25, 0.3) is 11.4 Å². The highest BCUT2D eigenvalue weighted by atomic mass is 32.1. The lowest BCUT2D eigenvalue weighted by molar-refractivity contribution is 1.06. The van der Waals surface area contributed by atoms with Crippen molar-refractivity contribution in [2.24, 2.45) is 0 Å². The number of rotatable bonds is 4. The number of thiocarbonyl (C=S) groups is 1. The standard InChI is InChI=1S/C12H12N4S2/c1-2-6-14-11(17)16-12-15-10(8-18-12)9-5-3-4-7-13-9/h2-5,7-8H,1,6H2,(H2,14,15,16,17). The molecule has 0 bridgehead atoms. The summed E-state index contributed by atoms with van der Waals surface area (Å²) in [4.78, 5) is 8.67. The second-order valence-electron chi connectivity index (χ2n) is 3.38. The molecular weight excluding hydrogens is 264 g/mol. The number of hydrogen-bond acceptors (Lipinski definition) is 4. The van der Waals surface area contributed by atoms with E-state index < -0.39 is 0 Å². The van der Waals surface area contributed by atoms with Crippen LogP contribution in [0.2, 0.25) is 0 Å². The third-order valence-electron chi connectivity index (χ3n) is 2.06. The minimum absolute atomic E-state index is 0.539. The molecule has 2 N–H and O–H groups in total. The van der Waals surface area contributed by atoms with E-state index in [0.29, 0.717) is 11.7 Å². The SMILES string of the molecule is C=CCNC(=S)Nc1nc(-c2ccccn2)cs1. The van der Waals surface area contributed by atoms with E-state index in [2.05, 4.69) is 27.2 Å². The van der Waals surface area contributed by atoms with Gasteiger partial charge in [0.1, 0.15) is 5.69 Å². The number of anilines is 1. The molecule has 0 aliphatic carbocycles. The molecule has 4 nitrogen and oxygen atoms in total. The average Bonchev–Trinajstić information content (AvgIpc) is 2.86. The highest BCUT2D eigenvalue weighted by molar-refractivity contribution is 7.80. The summed E-state index contributed by atoms with van der Waals surface area (Å²) in [5, 5.41) is 9.23. The Balaban J connectivity index is 2.02. The predicted molar refractivity (Wildman–Crippen MR) is 79.8 cm³/mol. The van der Waals surface area contributed by atoms with Gasteiger partial charge >= 0.3 is 0 Å². The van der Waals surface area contributed by atoms with E-state index in [-0.39, 0.29) is 0 Å². The van der Waals surface area contributed by atoms with E-state index in [1.54, 1.807) is 12.3 Å². The van der Waals surface area contributed by atoms with Crippen LogP contribution in [-0.4, -0.2) is 21.6 Å². The number of aromatic nitrogens is 2. The first kappa shape index (κ1) is 12.7. The Morgan fingerprint density at radius 1 is 1.44 bits per heavy atom. The molecule has 6 heteroatoms. The third kappa shape index (κ3) is 3.35. The minimum atomic E-state index is 0.539. The van der Waals surface area contributed by atoms with E-state index in [1.807, 2.05) is 23.6 Å². The van der Waals surface area contributed by atoms with Crippen LogP contribution in [0, 0.1) is 0 Å². The lowest BCUT2D eigenvalue weighted by atomic mass is 10.3. The summed E-state index contributed by atoms with van der Waals surface area (Å²) in [7, 11) is 0. The van der Waals surface area contributed by atoms with Crippen molar-refractivity contribution < 1.29 is 0 Å². The molecule has 2 aromatic rings. The van der Waals surface area contributed by atoms with Crippen LogP contribution in [0.15, 0.2) is 42.4 Å². The summed E-state index contributed by atoms with van der Waals surface area (Å²) in [6.07, 6.45) is 3.49. The maximum atomic E-state index is 5.11. The molecule has 2 heterocycles. The lowest BCUT2D eigenvalue weighted by Gasteiger charge is -2.04. The zero-order chi connectivity index (χ0) is 12.8. The van der Waals surface area contributed by atoms with Crippen molar-refractivity contribution in [2.45, 2.75) is 0 Å². The summed E-state index contributed by atoms with van der Waals surface area (Å²) in [6.45, 7) is 4.24. The Hall–Kier alpha value is -1.79. The maximum absolute atomic E-state index is 5.11. The minimum Gasteiger partial charge on any atom is -0.359 e. The number of hydrogen-bond donors (Lipinski definition) is 2. The number of nitrogens with zero attached hydrogens (tertiary/aromatic N) is 2. The molecule has 0 fully saturated rings. The molecule has 2 rings (SSSR count). The van der Waals surface area contributed by atoms with Crippen LogP contribution in [0.3, 0.4) is 0 Å². The normalized spacial score (nSPS) is 9.78. The van der Waals surface area contributed by atoms with Crippen molar-refractivity contribution in [2.75, 3.05) is 11.9 Å². The van der Waals surface area contributed by atoms with Crippen LogP contribution in [-0.2, 0) is 0 Å². The molecule has 0 amide bonds. The molecule has 18 heavy (non-hydrogen) atoms. The quantitative estimate of drug-likeness (QED) is 0.664.